The second-order valence-electron chi connectivity index (χ2n) is 9.02. The lowest BCUT2D eigenvalue weighted by Gasteiger charge is -2.51. The van der Waals surface area contributed by atoms with Gasteiger partial charge in [-0.25, -0.2) is 4.79 Å². The fourth-order valence-corrected chi connectivity index (χ4v) is 5.42. The van der Waals surface area contributed by atoms with Crippen LogP contribution in [0.4, 0.5) is 0 Å². The normalized spacial score (nSPS) is 38.9. The first kappa shape index (κ1) is 19.2. The van der Waals surface area contributed by atoms with Crippen molar-refractivity contribution < 1.29 is 24.2 Å². The molecule has 0 aromatic carbocycles. The Morgan fingerprint density at radius 2 is 2.08 bits per heavy atom. The first-order valence-corrected chi connectivity index (χ1v) is 12.7. The Balaban J connectivity index is 2.02. The Kier molecular flexibility index (Phi) is 4.40. The zero-order valence-corrected chi connectivity index (χ0v) is 17.3. The minimum Gasteiger partial charge on any atom is -0.466 e. The summed E-state index contributed by atoms with van der Waals surface area (Å²) in [6, 6.07) is 0. The molecule has 3 aliphatic rings. The maximum atomic E-state index is 13.1. The predicted octanol–water partition coefficient (Wildman–Crippen LogP) is 2.59. The highest BCUT2D eigenvalue weighted by Gasteiger charge is 2.72. The van der Waals surface area contributed by atoms with Crippen molar-refractivity contribution in [2.24, 2.45) is 11.3 Å². The van der Waals surface area contributed by atoms with Gasteiger partial charge < -0.3 is 14.6 Å². The van der Waals surface area contributed by atoms with Gasteiger partial charge in [-0.1, -0.05) is 31.6 Å². The number of methoxy groups -OCH3 is 1. The van der Waals surface area contributed by atoms with Crippen LogP contribution in [0.5, 0.6) is 0 Å². The average molecular weight is 377 g/mol. The maximum absolute atomic E-state index is 13.1. The molecule has 2 aliphatic carbocycles. The third kappa shape index (κ3) is 2.73. The minimum atomic E-state index is -1.65. The fourth-order valence-electron chi connectivity index (χ4n) is 4.79. The highest BCUT2D eigenvalue weighted by Crippen LogP contribution is 2.63. The van der Waals surface area contributed by atoms with Gasteiger partial charge >= 0.3 is 11.9 Å². The molecule has 26 heavy (non-hydrogen) atoms. The summed E-state index contributed by atoms with van der Waals surface area (Å²) < 4.78 is 10.7. The Labute approximate surface area is 156 Å². The number of aliphatic hydroxyl groups is 1. The van der Waals surface area contributed by atoms with Crippen molar-refractivity contribution in [3.63, 3.8) is 0 Å². The van der Waals surface area contributed by atoms with Crippen LogP contribution in [-0.4, -0.2) is 43.4 Å². The molecular weight excluding hydrogens is 348 g/mol. The van der Waals surface area contributed by atoms with Gasteiger partial charge in [-0.3, -0.25) is 4.79 Å². The minimum absolute atomic E-state index is 0.248. The standard InChI is InChI=1S/C20H28O5Si/c1-18(12-13-26(3,4)5)15-8-10-19(17(22)25-18)9-6-14(16(21)24-2)7-11-20(15,19)23/h6,15,23H,7-11H2,1-5H3/t15-,18+,19+,20-/m0/s1. The van der Waals surface area contributed by atoms with Gasteiger partial charge in [0.25, 0.3) is 0 Å². The molecule has 0 amide bonds. The summed E-state index contributed by atoms with van der Waals surface area (Å²) in [5.41, 5.74) is 0.664. The number of carbonyl (C=O) groups excluding carboxylic acids is 2. The Bertz CT molecular complexity index is 740. The molecule has 0 spiro atoms. The highest BCUT2D eigenvalue weighted by molar-refractivity contribution is 6.83. The molecule has 4 atom stereocenters. The van der Waals surface area contributed by atoms with E-state index in [2.05, 4.69) is 31.1 Å². The van der Waals surface area contributed by atoms with E-state index in [1.54, 1.807) is 6.08 Å². The number of rotatable bonds is 1. The van der Waals surface area contributed by atoms with Crippen LogP contribution >= 0.6 is 0 Å². The number of esters is 2. The SMILES string of the molecule is COC(=O)C1=CC[C@@]23CC[C@@H]([C@@](C)(C#C[Si](C)(C)C)OC2=O)[C@@]3(O)CC1. The third-order valence-corrected chi connectivity index (χ3v) is 7.11. The molecule has 1 aliphatic heterocycles. The molecule has 1 N–H and O–H groups in total. The van der Waals surface area contributed by atoms with Crippen LogP contribution in [0.2, 0.25) is 19.6 Å². The topological polar surface area (TPSA) is 72.8 Å². The van der Waals surface area contributed by atoms with E-state index in [0.717, 1.165) is 0 Å². The van der Waals surface area contributed by atoms with E-state index in [1.165, 1.54) is 7.11 Å². The number of ether oxygens (including phenoxy) is 2. The number of allylic oxidation sites excluding steroid dienone is 1. The molecule has 2 bridgehead atoms. The average Bonchev–Trinajstić information content (AvgIpc) is 2.68. The number of carbonyl (C=O) groups is 2. The van der Waals surface area contributed by atoms with Crippen LogP contribution in [0.3, 0.4) is 0 Å². The van der Waals surface area contributed by atoms with Crippen molar-refractivity contribution in [2.45, 2.75) is 69.9 Å². The smallest absolute Gasteiger partial charge is 0.333 e. The fraction of sp³-hybridized carbons (Fsp3) is 0.700. The number of hydrogen-bond donors (Lipinski definition) is 1. The molecule has 0 radical (unpaired) electrons. The maximum Gasteiger partial charge on any atom is 0.333 e. The Morgan fingerprint density at radius 3 is 2.69 bits per heavy atom. The predicted molar refractivity (Wildman–Crippen MR) is 99.7 cm³/mol. The summed E-state index contributed by atoms with van der Waals surface area (Å²) in [6.45, 7) is 8.25. The van der Waals surface area contributed by atoms with E-state index in [0.29, 0.717) is 37.7 Å². The molecule has 142 valence electrons. The van der Waals surface area contributed by atoms with E-state index in [9.17, 15) is 14.7 Å². The molecule has 6 heteroatoms. The summed E-state index contributed by atoms with van der Waals surface area (Å²) in [5, 5.41) is 11.7. The lowest BCUT2D eigenvalue weighted by molar-refractivity contribution is -0.222. The zero-order valence-electron chi connectivity index (χ0n) is 16.3. The third-order valence-electron chi connectivity index (χ3n) is 6.23. The monoisotopic (exact) mass is 376 g/mol. The van der Waals surface area contributed by atoms with Crippen LogP contribution in [0.25, 0.3) is 0 Å². The lowest BCUT2D eigenvalue weighted by atomic mass is 9.63. The van der Waals surface area contributed by atoms with Gasteiger partial charge in [0.05, 0.1) is 12.7 Å². The van der Waals surface area contributed by atoms with Crippen molar-refractivity contribution in [1.29, 1.82) is 0 Å². The van der Waals surface area contributed by atoms with Crippen molar-refractivity contribution in [1.82, 2.24) is 0 Å². The van der Waals surface area contributed by atoms with Crippen molar-refractivity contribution in [3.05, 3.63) is 11.6 Å². The second-order valence-corrected chi connectivity index (χ2v) is 13.8. The molecule has 1 saturated carbocycles. The molecule has 2 fully saturated rings. The zero-order chi connectivity index (χ0) is 19.4. The van der Waals surface area contributed by atoms with E-state index >= 15 is 0 Å². The van der Waals surface area contributed by atoms with E-state index < -0.39 is 30.7 Å². The molecular formula is C20H28O5Si. The summed E-state index contributed by atoms with van der Waals surface area (Å²) >= 11 is 0. The van der Waals surface area contributed by atoms with Crippen LogP contribution in [0.1, 0.15) is 39.0 Å². The molecule has 0 aromatic heterocycles. The molecule has 3 rings (SSSR count). The van der Waals surface area contributed by atoms with Gasteiger partial charge in [0.2, 0.25) is 0 Å². The van der Waals surface area contributed by atoms with Gasteiger partial charge in [0, 0.05) is 11.5 Å². The van der Waals surface area contributed by atoms with Crippen molar-refractivity contribution in [2.75, 3.05) is 7.11 Å². The largest absolute Gasteiger partial charge is 0.466 e. The van der Waals surface area contributed by atoms with Gasteiger partial charge in [-0.2, -0.15) is 0 Å². The van der Waals surface area contributed by atoms with Crippen molar-refractivity contribution in [3.8, 4) is 11.5 Å². The summed E-state index contributed by atoms with van der Waals surface area (Å²) in [5.74, 6) is 2.19. The quantitative estimate of drug-likeness (QED) is 0.433. The first-order chi connectivity index (χ1) is 12.0. The van der Waals surface area contributed by atoms with Gasteiger partial charge in [-0.05, 0) is 39.0 Å². The van der Waals surface area contributed by atoms with Crippen LogP contribution < -0.4 is 0 Å². The van der Waals surface area contributed by atoms with Gasteiger partial charge in [-0.15, -0.1) is 5.54 Å². The van der Waals surface area contributed by atoms with E-state index in [-0.39, 0.29) is 11.9 Å². The van der Waals surface area contributed by atoms with Crippen LogP contribution in [0, 0.1) is 22.8 Å². The molecule has 0 unspecified atom stereocenters. The second kappa shape index (κ2) is 5.96. The lowest BCUT2D eigenvalue weighted by Crippen LogP contribution is -2.64. The highest BCUT2D eigenvalue weighted by atomic mass is 28.3. The number of hydrogen-bond acceptors (Lipinski definition) is 5. The number of cyclic esters (lactones) is 1. The summed E-state index contributed by atoms with van der Waals surface area (Å²) in [6.07, 6.45) is 4.05. The molecule has 1 heterocycles. The molecule has 1 saturated heterocycles. The van der Waals surface area contributed by atoms with Gasteiger partial charge in [0.15, 0.2) is 5.60 Å². The van der Waals surface area contributed by atoms with E-state index in [4.69, 9.17) is 9.47 Å². The van der Waals surface area contributed by atoms with Crippen molar-refractivity contribution >= 4 is 20.0 Å². The van der Waals surface area contributed by atoms with Crippen LogP contribution in [0.15, 0.2) is 11.6 Å². The summed E-state index contributed by atoms with van der Waals surface area (Å²) in [7, 11) is -0.310. The first-order valence-electron chi connectivity index (χ1n) is 9.25. The summed E-state index contributed by atoms with van der Waals surface area (Å²) in [4.78, 5) is 25.0. The Morgan fingerprint density at radius 1 is 1.38 bits per heavy atom. The molecule has 0 aromatic rings. The Hall–Kier alpha value is -1.58. The van der Waals surface area contributed by atoms with Gasteiger partial charge in [0.1, 0.15) is 13.5 Å². The molecule has 5 nitrogen and oxygen atoms in total. The van der Waals surface area contributed by atoms with Crippen LogP contribution in [-0.2, 0) is 19.1 Å². The van der Waals surface area contributed by atoms with E-state index in [1.807, 2.05) is 6.92 Å².